The predicted molar refractivity (Wildman–Crippen MR) is 80.5 cm³/mol. The first-order valence-electron chi connectivity index (χ1n) is 6.92. The molecule has 1 aromatic rings. The van der Waals surface area contributed by atoms with E-state index in [-0.39, 0.29) is 30.2 Å². The number of benzene rings is 1. The van der Waals surface area contributed by atoms with Crippen LogP contribution in [0.4, 0.5) is 4.39 Å². The van der Waals surface area contributed by atoms with E-state index in [1.54, 1.807) is 12.1 Å². The maximum absolute atomic E-state index is 13.3. The summed E-state index contributed by atoms with van der Waals surface area (Å²) in [4.78, 5) is 14.1. The topological polar surface area (TPSA) is 32.3 Å². The molecule has 0 aromatic heterocycles. The Hall–Kier alpha value is -1.13. The zero-order valence-electron chi connectivity index (χ0n) is 11.8. The summed E-state index contributed by atoms with van der Waals surface area (Å²) in [5.74, 6) is -0.0472. The highest BCUT2D eigenvalue weighted by Gasteiger charge is 2.29. The van der Waals surface area contributed by atoms with Crippen LogP contribution in [0.15, 0.2) is 24.3 Å². The quantitative estimate of drug-likeness (QED) is 0.848. The number of nitrogens with one attached hydrogen (secondary N) is 1. The van der Waals surface area contributed by atoms with E-state index in [2.05, 4.69) is 5.32 Å². The molecule has 1 saturated heterocycles. The van der Waals surface area contributed by atoms with E-state index in [1.807, 2.05) is 18.0 Å². The van der Waals surface area contributed by atoms with E-state index in [1.165, 1.54) is 6.07 Å². The lowest BCUT2D eigenvalue weighted by molar-refractivity contribution is -0.132. The van der Waals surface area contributed by atoms with Gasteiger partial charge >= 0.3 is 0 Å². The van der Waals surface area contributed by atoms with Crippen molar-refractivity contribution in [1.82, 2.24) is 10.2 Å². The molecule has 0 aliphatic carbocycles. The standard InChI is InChI=1S/C15H21FN2O.ClH/c1-17-9-3-8-15(19)18-10-4-7-14(18)12-5-2-6-13(16)11-12;/h2,5-6,11,14,17H,3-4,7-10H2,1H3;1H. The van der Waals surface area contributed by atoms with Gasteiger partial charge in [-0.05, 0) is 50.6 Å². The molecule has 1 atom stereocenters. The highest BCUT2D eigenvalue weighted by atomic mass is 35.5. The van der Waals surface area contributed by atoms with Gasteiger partial charge in [-0.25, -0.2) is 4.39 Å². The fraction of sp³-hybridized carbons (Fsp3) is 0.533. The molecular formula is C15H22ClFN2O. The van der Waals surface area contributed by atoms with Crippen LogP contribution in [-0.2, 0) is 4.79 Å². The fourth-order valence-corrected chi connectivity index (χ4v) is 2.69. The molecular weight excluding hydrogens is 279 g/mol. The van der Waals surface area contributed by atoms with Crippen molar-refractivity contribution in [3.8, 4) is 0 Å². The van der Waals surface area contributed by atoms with Crippen molar-refractivity contribution in [2.75, 3.05) is 20.1 Å². The summed E-state index contributed by atoms with van der Waals surface area (Å²) in [7, 11) is 1.88. The molecule has 0 spiro atoms. The smallest absolute Gasteiger partial charge is 0.223 e. The molecule has 1 heterocycles. The Morgan fingerprint density at radius 2 is 2.30 bits per heavy atom. The summed E-state index contributed by atoms with van der Waals surface area (Å²) in [5.41, 5.74) is 0.916. The van der Waals surface area contributed by atoms with Crippen LogP contribution in [0.25, 0.3) is 0 Å². The van der Waals surface area contributed by atoms with Gasteiger partial charge in [-0.3, -0.25) is 4.79 Å². The van der Waals surface area contributed by atoms with Crippen LogP contribution < -0.4 is 5.32 Å². The van der Waals surface area contributed by atoms with Crippen LogP contribution in [0.3, 0.4) is 0 Å². The Morgan fingerprint density at radius 3 is 3.00 bits per heavy atom. The van der Waals surface area contributed by atoms with Crippen molar-refractivity contribution in [1.29, 1.82) is 0 Å². The first kappa shape index (κ1) is 16.9. The third kappa shape index (κ3) is 4.18. The lowest BCUT2D eigenvalue weighted by atomic mass is 10.0. The van der Waals surface area contributed by atoms with Gasteiger partial charge in [0.1, 0.15) is 5.82 Å². The van der Waals surface area contributed by atoms with E-state index in [0.29, 0.717) is 6.42 Å². The van der Waals surface area contributed by atoms with Crippen LogP contribution >= 0.6 is 12.4 Å². The lowest BCUT2D eigenvalue weighted by Crippen LogP contribution is -2.30. The third-order valence-corrected chi connectivity index (χ3v) is 3.62. The van der Waals surface area contributed by atoms with E-state index >= 15 is 0 Å². The number of nitrogens with zero attached hydrogens (tertiary/aromatic N) is 1. The average molecular weight is 301 g/mol. The van der Waals surface area contributed by atoms with E-state index < -0.39 is 0 Å². The van der Waals surface area contributed by atoms with E-state index in [0.717, 1.165) is 37.9 Å². The van der Waals surface area contributed by atoms with E-state index in [4.69, 9.17) is 0 Å². The predicted octanol–water partition coefficient (Wildman–Crippen LogP) is 2.91. The van der Waals surface area contributed by atoms with Gasteiger partial charge in [0.15, 0.2) is 0 Å². The number of halogens is 2. The Kier molecular flexibility index (Phi) is 6.96. The van der Waals surface area contributed by atoms with Gasteiger partial charge in [-0.2, -0.15) is 0 Å². The minimum Gasteiger partial charge on any atom is -0.336 e. The fourth-order valence-electron chi connectivity index (χ4n) is 2.69. The van der Waals surface area contributed by atoms with Gasteiger partial charge < -0.3 is 10.2 Å². The molecule has 1 amide bonds. The molecule has 20 heavy (non-hydrogen) atoms. The third-order valence-electron chi connectivity index (χ3n) is 3.62. The maximum Gasteiger partial charge on any atom is 0.223 e. The van der Waals surface area contributed by atoms with Gasteiger partial charge in [-0.15, -0.1) is 12.4 Å². The molecule has 0 bridgehead atoms. The molecule has 1 aliphatic rings. The highest BCUT2D eigenvalue weighted by molar-refractivity contribution is 5.85. The van der Waals surface area contributed by atoms with Crippen LogP contribution in [0.5, 0.6) is 0 Å². The molecule has 1 aliphatic heterocycles. The summed E-state index contributed by atoms with van der Waals surface area (Å²) in [5, 5.41) is 3.04. The van der Waals surface area contributed by atoms with Crippen molar-refractivity contribution in [2.24, 2.45) is 0 Å². The van der Waals surface area contributed by atoms with Crippen molar-refractivity contribution in [3.63, 3.8) is 0 Å². The van der Waals surface area contributed by atoms with Crippen molar-refractivity contribution >= 4 is 18.3 Å². The number of rotatable bonds is 5. The number of carbonyl (C=O) groups is 1. The van der Waals surface area contributed by atoms with Gasteiger partial charge in [0, 0.05) is 13.0 Å². The van der Waals surface area contributed by atoms with Gasteiger partial charge in [0.2, 0.25) is 5.91 Å². The lowest BCUT2D eigenvalue weighted by Gasteiger charge is -2.25. The summed E-state index contributed by atoms with van der Waals surface area (Å²) >= 11 is 0. The minimum atomic E-state index is -0.230. The molecule has 3 nitrogen and oxygen atoms in total. The van der Waals surface area contributed by atoms with Crippen LogP contribution in [0.1, 0.15) is 37.3 Å². The zero-order valence-corrected chi connectivity index (χ0v) is 12.6. The number of likely N-dealkylation sites (tertiary alicyclic amines) is 1. The second-order valence-electron chi connectivity index (χ2n) is 5.01. The average Bonchev–Trinajstić information content (AvgIpc) is 2.88. The molecule has 2 rings (SSSR count). The number of carbonyl (C=O) groups excluding carboxylic acids is 1. The van der Waals surface area contributed by atoms with Crippen molar-refractivity contribution < 1.29 is 9.18 Å². The summed E-state index contributed by atoms with van der Waals surface area (Å²) in [6, 6.07) is 6.67. The Morgan fingerprint density at radius 1 is 1.50 bits per heavy atom. The zero-order chi connectivity index (χ0) is 13.7. The van der Waals surface area contributed by atoms with Gasteiger partial charge in [0.25, 0.3) is 0 Å². The SMILES string of the molecule is CNCCCC(=O)N1CCCC1c1cccc(F)c1.Cl. The molecule has 0 saturated carbocycles. The van der Waals surface area contributed by atoms with Gasteiger partial charge in [-0.1, -0.05) is 12.1 Å². The van der Waals surface area contributed by atoms with Crippen LogP contribution in [-0.4, -0.2) is 30.9 Å². The Labute approximate surface area is 125 Å². The monoisotopic (exact) mass is 300 g/mol. The molecule has 1 N–H and O–H groups in total. The largest absolute Gasteiger partial charge is 0.336 e. The van der Waals surface area contributed by atoms with Gasteiger partial charge in [0.05, 0.1) is 6.04 Å². The summed E-state index contributed by atoms with van der Waals surface area (Å²) in [6.45, 7) is 1.64. The number of hydrogen-bond donors (Lipinski definition) is 1. The van der Waals surface area contributed by atoms with E-state index in [9.17, 15) is 9.18 Å². The second-order valence-corrected chi connectivity index (χ2v) is 5.01. The molecule has 5 heteroatoms. The summed E-state index contributed by atoms with van der Waals surface area (Å²) < 4.78 is 13.3. The highest BCUT2D eigenvalue weighted by Crippen LogP contribution is 2.32. The number of hydrogen-bond acceptors (Lipinski definition) is 2. The second kappa shape index (κ2) is 8.22. The molecule has 1 unspecified atom stereocenters. The van der Waals surface area contributed by atoms with Crippen LogP contribution in [0.2, 0.25) is 0 Å². The minimum absolute atomic E-state index is 0. The van der Waals surface area contributed by atoms with Crippen molar-refractivity contribution in [3.05, 3.63) is 35.6 Å². The molecule has 1 fully saturated rings. The molecule has 112 valence electrons. The first-order valence-corrected chi connectivity index (χ1v) is 6.92. The maximum atomic E-state index is 13.3. The molecule has 0 radical (unpaired) electrons. The Bertz CT molecular complexity index is 442. The normalized spacial score (nSPS) is 17.9. The molecule has 1 aromatic carbocycles. The van der Waals surface area contributed by atoms with Crippen LogP contribution in [0, 0.1) is 5.82 Å². The van der Waals surface area contributed by atoms with Crippen molar-refractivity contribution in [2.45, 2.75) is 31.7 Å². The number of amides is 1. The Balaban J connectivity index is 0.00000200. The summed E-state index contributed by atoms with van der Waals surface area (Å²) in [6.07, 6.45) is 3.34. The first-order chi connectivity index (χ1) is 9.22.